The van der Waals surface area contributed by atoms with Crippen molar-refractivity contribution in [2.24, 2.45) is 5.92 Å². The zero-order valence-corrected chi connectivity index (χ0v) is 12.4. The lowest BCUT2D eigenvalue weighted by atomic mass is 10.1. The first-order valence-corrected chi connectivity index (χ1v) is 6.82. The Morgan fingerprint density at radius 2 is 2.14 bits per heavy atom. The van der Waals surface area contributed by atoms with Crippen LogP contribution in [-0.4, -0.2) is 43.3 Å². The summed E-state index contributed by atoms with van der Waals surface area (Å²) < 4.78 is 0. The molecular formula is C15H19N3O3. The van der Waals surface area contributed by atoms with Gasteiger partial charge in [-0.2, -0.15) is 0 Å². The second-order valence-electron chi connectivity index (χ2n) is 5.30. The van der Waals surface area contributed by atoms with Crippen LogP contribution in [0.25, 0.3) is 0 Å². The Bertz CT molecular complexity index is 598. The third kappa shape index (κ3) is 3.21. The number of fused-ring (bicyclic) bond motifs is 1. The molecule has 0 aliphatic carbocycles. The Labute approximate surface area is 123 Å². The van der Waals surface area contributed by atoms with Crippen molar-refractivity contribution in [2.45, 2.75) is 13.3 Å². The van der Waals surface area contributed by atoms with Crippen LogP contribution in [0.4, 0.5) is 5.69 Å². The molecule has 2 N–H and O–H groups in total. The van der Waals surface area contributed by atoms with Crippen molar-refractivity contribution in [3.63, 3.8) is 0 Å². The molecule has 0 aromatic heterocycles. The molecule has 112 valence electrons. The summed E-state index contributed by atoms with van der Waals surface area (Å²) in [4.78, 5) is 36.7. The summed E-state index contributed by atoms with van der Waals surface area (Å²) in [5.74, 6) is -0.611. The molecule has 6 nitrogen and oxygen atoms in total. The van der Waals surface area contributed by atoms with E-state index in [-0.39, 0.29) is 23.6 Å². The van der Waals surface area contributed by atoms with E-state index in [4.69, 9.17) is 0 Å². The molecule has 1 aromatic carbocycles. The highest BCUT2D eigenvalue weighted by atomic mass is 16.2. The van der Waals surface area contributed by atoms with Crippen molar-refractivity contribution in [1.29, 1.82) is 0 Å². The number of hydrogen-bond acceptors (Lipinski definition) is 3. The highest BCUT2D eigenvalue weighted by molar-refractivity contribution is 6.02. The van der Waals surface area contributed by atoms with E-state index in [1.54, 1.807) is 39.2 Å². The third-order valence-electron chi connectivity index (χ3n) is 3.57. The standard InChI is InChI=1S/C15H19N3O3/c1-9(14(20)16-2)8-18(3)15(21)11-5-4-10-7-13(19)17-12(10)6-11/h4-6,9H,7-8H2,1-3H3,(H,16,20)(H,17,19). The van der Waals surface area contributed by atoms with Crippen LogP contribution in [0.2, 0.25) is 0 Å². The van der Waals surface area contributed by atoms with E-state index in [9.17, 15) is 14.4 Å². The molecule has 6 heteroatoms. The number of nitrogens with one attached hydrogen (secondary N) is 2. The number of nitrogens with zero attached hydrogens (tertiary/aromatic N) is 1. The van der Waals surface area contributed by atoms with Crippen LogP contribution in [0.15, 0.2) is 18.2 Å². The molecule has 21 heavy (non-hydrogen) atoms. The van der Waals surface area contributed by atoms with Gasteiger partial charge in [-0.1, -0.05) is 13.0 Å². The minimum absolute atomic E-state index is 0.0591. The van der Waals surface area contributed by atoms with Gasteiger partial charge in [0.1, 0.15) is 0 Å². The first-order valence-electron chi connectivity index (χ1n) is 6.82. The molecule has 0 radical (unpaired) electrons. The summed E-state index contributed by atoms with van der Waals surface area (Å²) in [6, 6.07) is 5.18. The molecule has 1 unspecified atom stereocenters. The molecule has 1 atom stereocenters. The topological polar surface area (TPSA) is 78.5 Å². The highest BCUT2D eigenvalue weighted by Crippen LogP contribution is 2.24. The molecule has 3 amide bonds. The zero-order chi connectivity index (χ0) is 15.6. The second-order valence-corrected chi connectivity index (χ2v) is 5.30. The molecule has 0 spiro atoms. The molecule has 0 bridgehead atoms. The predicted molar refractivity (Wildman–Crippen MR) is 79.0 cm³/mol. The summed E-state index contributed by atoms with van der Waals surface area (Å²) in [7, 11) is 3.23. The number of benzene rings is 1. The second kappa shape index (κ2) is 5.95. The van der Waals surface area contributed by atoms with Crippen LogP contribution in [0.3, 0.4) is 0 Å². The van der Waals surface area contributed by atoms with E-state index < -0.39 is 0 Å². The van der Waals surface area contributed by atoms with Crippen molar-refractivity contribution >= 4 is 23.4 Å². The predicted octanol–water partition coefficient (Wildman–Crippen LogP) is 0.635. The van der Waals surface area contributed by atoms with Crippen molar-refractivity contribution in [3.05, 3.63) is 29.3 Å². The van der Waals surface area contributed by atoms with Crippen LogP contribution in [-0.2, 0) is 16.0 Å². The number of rotatable bonds is 4. The average molecular weight is 289 g/mol. The van der Waals surface area contributed by atoms with Gasteiger partial charge in [0.25, 0.3) is 5.91 Å². The first-order chi connectivity index (χ1) is 9.92. The summed E-state index contributed by atoms with van der Waals surface area (Å²) >= 11 is 0. The molecule has 1 aromatic rings. The third-order valence-corrected chi connectivity index (χ3v) is 3.57. The van der Waals surface area contributed by atoms with Gasteiger partial charge in [-0.15, -0.1) is 0 Å². The SMILES string of the molecule is CNC(=O)C(C)CN(C)C(=O)c1ccc2c(c1)NC(=O)C2. The van der Waals surface area contributed by atoms with Gasteiger partial charge in [0.2, 0.25) is 11.8 Å². The molecule has 0 saturated heterocycles. The average Bonchev–Trinajstić information content (AvgIpc) is 2.84. The number of carbonyl (C=O) groups excluding carboxylic acids is 3. The molecule has 1 heterocycles. The lowest BCUT2D eigenvalue weighted by molar-refractivity contribution is -0.124. The van der Waals surface area contributed by atoms with Gasteiger partial charge in [-0.3, -0.25) is 14.4 Å². The summed E-state index contributed by atoms with van der Waals surface area (Å²) in [6.07, 6.45) is 0.355. The Morgan fingerprint density at radius 3 is 2.81 bits per heavy atom. The Balaban J connectivity index is 2.08. The Morgan fingerprint density at radius 1 is 1.43 bits per heavy atom. The maximum Gasteiger partial charge on any atom is 0.253 e. The first kappa shape index (κ1) is 15.0. The van der Waals surface area contributed by atoms with Gasteiger partial charge in [0, 0.05) is 31.9 Å². The Hall–Kier alpha value is -2.37. The van der Waals surface area contributed by atoms with Crippen molar-refractivity contribution in [3.8, 4) is 0 Å². The maximum atomic E-state index is 12.4. The van der Waals surface area contributed by atoms with Crippen LogP contribution in [0.5, 0.6) is 0 Å². The van der Waals surface area contributed by atoms with Gasteiger partial charge in [-0.05, 0) is 17.7 Å². The molecule has 0 fully saturated rings. The van der Waals surface area contributed by atoms with Crippen molar-refractivity contribution in [1.82, 2.24) is 10.2 Å². The zero-order valence-electron chi connectivity index (χ0n) is 12.4. The molecule has 2 rings (SSSR count). The molecule has 1 aliphatic rings. The smallest absolute Gasteiger partial charge is 0.253 e. The van der Waals surface area contributed by atoms with E-state index in [1.807, 2.05) is 0 Å². The summed E-state index contributed by atoms with van der Waals surface area (Å²) in [5, 5.41) is 5.29. The lowest BCUT2D eigenvalue weighted by Crippen LogP contribution is -2.37. The minimum Gasteiger partial charge on any atom is -0.359 e. The van der Waals surface area contributed by atoms with Crippen LogP contribution < -0.4 is 10.6 Å². The van der Waals surface area contributed by atoms with E-state index in [0.29, 0.717) is 24.2 Å². The maximum absolute atomic E-state index is 12.4. The number of hydrogen-bond donors (Lipinski definition) is 2. The molecular weight excluding hydrogens is 270 g/mol. The quantitative estimate of drug-likeness (QED) is 0.853. The van der Waals surface area contributed by atoms with Gasteiger partial charge in [0.05, 0.1) is 12.3 Å². The van der Waals surface area contributed by atoms with Gasteiger partial charge < -0.3 is 15.5 Å². The van der Waals surface area contributed by atoms with Gasteiger partial charge >= 0.3 is 0 Å². The normalized spacial score (nSPS) is 14.1. The van der Waals surface area contributed by atoms with E-state index >= 15 is 0 Å². The minimum atomic E-state index is -0.280. The van der Waals surface area contributed by atoms with Gasteiger partial charge in [-0.25, -0.2) is 0 Å². The highest BCUT2D eigenvalue weighted by Gasteiger charge is 2.22. The fraction of sp³-hybridized carbons (Fsp3) is 0.400. The fourth-order valence-corrected chi connectivity index (χ4v) is 2.39. The largest absolute Gasteiger partial charge is 0.359 e. The summed E-state index contributed by atoms with van der Waals surface area (Å²) in [5.41, 5.74) is 2.10. The number of amides is 3. The van der Waals surface area contributed by atoms with Gasteiger partial charge in [0.15, 0.2) is 0 Å². The van der Waals surface area contributed by atoms with Crippen LogP contribution in [0.1, 0.15) is 22.8 Å². The van der Waals surface area contributed by atoms with Crippen LogP contribution in [0, 0.1) is 5.92 Å². The van der Waals surface area contributed by atoms with E-state index in [0.717, 1.165) is 5.56 Å². The molecule has 1 aliphatic heterocycles. The van der Waals surface area contributed by atoms with Crippen molar-refractivity contribution < 1.29 is 14.4 Å². The van der Waals surface area contributed by atoms with E-state index in [1.165, 1.54) is 4.90 Å². The molecule has 0 saturated carbocycles. The van der Waals surface area contributed by atoms with E-state index in [2.05, 4.69) is 10.6 Å². The Kier molecular flexibility index (Phi) is 4.26. The van der Waals surface area contributed by atoms with Crippen LogP contribution >= 0.6 is 0 Å². The summed E-state index contributed by atoms with van der Waals surface area (Å²) in [6.45, 7) is 2.10. The number of anilines is 1. The lowest BCUT2D eigenvalue weighted by Gasteiger charge is -2.21. The monoisotopic (exact) mass is 289 g/mol. The fourth-order valence-electron chi connectivity index (χ4n) is 2.39. The number of carbonyl (C=O) groups is 3. The van der Waals surface area contributed by atoms with Crippen molar-refractivity contribution in [2.75, 3.05) is 26.0 Å².